The van der Waals surface area contributed by atoms with Crippen LogP contribution in [0.25, 0.3) is 0 Å². The fourth-order valence-corrected chi connectivity index (χ4v) is 2.28. The van der Waals surface area contributed by atoms with E-state index in [9.17, 15) is 9.90 Å². The Bertz CT molecular complexity index is 385. The molecule has 4 nitrogen and oxygen atoms in total. The summed E-state index contributed by atoms with van der Waals surface area (Å²) in [7, 11) is 0. The lowest BCUT2D eigenvalue weighted by Gasteiger charge is -2.42. The third-order valence-corrected chi connectivity index (χ3v) is 3.41. The first kappa shape index (κ1) is 13.6. The number of likely N-dealkylation sites (tertiary alicyclic amines) is 1. The largest absolute Gasteiger partial charge is 0.465 e. The molecule has 0 spiro atoms. The first-order chi connectivity index (χ1) is 7.77. The summed E-state index contributed by atoms with van der Waals surface area (Å²) in [5.74, 6) is 0. The number of hydrogen-bond acceptors (Lipinski definition) is 2. The van der Waals surface area contributed by atoms with Crippen LogP contribution in [0.1, 0.15) is 40.5 Å². The summed E-state index contributed by atoms with van der Waals surface area (Å²) >= 11 is 0. The molecule has 4 heteroatoms. The van der Waals surface area contributed by atoms with Crippen LogP contribution in [0, 0.1) is 16.7 Å². The van der Waals surface area contributed by atoms with Crippen molar-refractivity contribution in [3.05, 3.63) is 11.1 Å². The van der Waals surface area contributed by atoms with Gasteiger partial charge < -0.3 is 10.0 Å². The molecule has 17 heavy (non-hydrogen) atoms. The van der Waals surface area contributed by atoms with Gasteiger partial charge in [0.15, 0.2) is 0 Å². The Kier molecular flexibility index (Phi) is 3.82. The summed E-state index contributed by atoms with van der Waals surface area (Å²) in [5.41, 5.74) is 1.73. The van der Waals surface area contributed by atoms with Crippen LogP contribution in [-0.4, -0.2) is 28.7 Å². The Morgan fingerprint density at radius 2 is 2.12 bits per heavy atom. The van der Waals surface area contributed by atoms with E-state index >= 15 is 0 Å². The highest BCUT2D eigenvalue weighted by Gasteiger charge is 2.37. The molecule has 0 bridgehead atoms. The molecule has 1 aliphatic heterocycles. The van der Waals surface area contributed by atoms with Crippen LogP contribution in [0.15, 0.2) is 11.1 Å². The molecule has 1 unspecified atom stereocenters. The van der Waals surface area contributed by atoms with Crippen molar-refractivity contribution in [1.29, 1.82) is 5.26 Å². The van der Waals surface area contributed by atoms with Crippen LogP contribution in [0.4, 0.5) is 4.79 Å². The van der Waals surface area contributed by atoms with Crippen molar-refractivity contribution in [3.63, 3.8) is 0 Å². The van der Waals surface area contributed by atoms with Crippen molar-refractivity contribution in [3.8, 4) is 6.07 Å². The van der Waals surface area contributed by atoms with Crippen molar-refractivity contribution >= 4 is 6.09 Å². The average Bonchev–Trinajstić information content (AvgIpc) is 2.25. The second-order valence-electron chi connectivity index (χ2n) is 5.65. The van der Waals surface area contributed by atoms with Crippen LogP contribution in [-0.2, 0) is 0 Å². The third kappa shape index (κ3) is 3.00. The molecule has 0 aromatic rings. The zero-order valence-electron chi connectivity index (χ0n) is 10.9. The second kappa shape index (κ2) is 4.79. The number of nitrogens with zero attached hydrogens (tertiary/aromatic N) is 2. The van der Waals surface area contributed by atoms with Gasteiger partial charge in [-0.15, -0.1) is 0 Å². The molecular formula is C13H20N2O2. The summed E-state index contributed by atoms with van der Waals surface area (Å²) < 4.78 is 0. The monoisotopic (exact) mass is 236 g/mol. The molecule has 1 aliphatic rings. The number of hydrogen-bond donors (Lipinski definition) is 1. The first-order valence-corrected chi connectivity index (χ1v) is 5.85. The van der Waals surface area contributed by atoms with Gasteiger partial charge in [-0.25, -0.2) is 4.79 Å². The summed E-state index contributed by atoms with van der Waals surface area (Å²) in [6.45, 7) is 8.42. The normalized spacial score (nSPS) is 24.2. The van der Waals surface area contributed by atoms with Crippen LogP contribution < -0.4 is 0 Å². The fraction of sp³-hybridized carbons (Fsp3) is 0.692. The zero-order chi connectivity index (χ0) is 13.2. The molecule has 1 amide bonds. The molecule has 1 rings (SSSR count). The number of piperidine rings is 1. The number of allylic oxidation sites excluding steroid dienone is 1. The number of carboxylic acid groups (broad SMARTS) is 1. The Hall–Kier alpha value is -1.50. The third-order valence-electron chi connectivity index (χ3n) is 3.41. The summed E-state index contributed by atoms with van der Waals surface area (Å²) in [6, 6.07) is 2.12. The Labute approximate surface area is 103 Å². The molecule has 94 valence electrons. The highest BCUT2D eigenvalue weighted by Crippen LogP contribution is 2.35. The highest BCUT2D eigenvalue weighted by atomic mass is 16.4. The van der Waals surface area contributed by atoms with Gasteiger partial charge >= 0.3 is 6.09 Å². The average molecular weight is 236 g/mol. The minimum absolute atomic E-state index is 0.0490. The van der Waals surface area contributed by atoms with Crippen molar-refractivity contribution in [2.75, 3.05) is 6.54 Å². The number of nitriles is 1. The van der Waals surface area contributed by atoms with Gasteiger partial charge in [-0.05, 0) is 25.2 Å². The summed E-state index contributed by atoms with van der Waals surface area (Å²) in [5, 5.41) is 18.1. The number of carbonyl (C=O) groups is 1. The lowest BCUT2D eigenvalue weighted by atomic mass is 9.78. The second-order valence-corrected chi connectivity index (χ2v) is 5.65. The summed E-state index contributed by atoms with van der Waals surface area (Å²) in [6.07, 6.45) is 0.492. The molecule has 1 saturated heterocycles. The summed E-state index contributed by atoms with van der Waals surface area (Å²) in [4.78, 5) is 12.7. The zero-order valence-corrected chi connectivity index (χ0v) is 10.9. The van der Waals surface area contributed by atoms with Crippen molar-refractivity contribution in [2.24, 2.45) is 5.41 Å². The minimum atomic E-state index is -0.862. The van der Waals surface area contributed by atoms with Gasteiger partial charge in [-0.1, -0.05) is 26.3 Å². The van der Waals surface area contributed by atoms with Crippen LogP contribution in [0.5, 0.6) is 0 Å². The lowest BCUT2D eigenvalue weighted by Crippen LogP contribution is -2.50. The molecule has 0 aromatic heterocycles. The SMILES string of the molecule is CC(C#N)=C1CCN(C(=O)O)C(C(C)(C)C)C1. The Morgan fingerprint density at radius 3 is 2.53 bits per heavy atom. The van der Waals surface area contributed by atoms with E-state index in [2.05, 4.69) is 6.07 Å². The van der Waals surface area contributed by atoms with Gasteiger partial charge in [0.1, 0.15) is 0 Å². The number of rotatable bonds is 0. The van der Waals surface area contributed by atoms with E-state index in [1.807, 2.05) is 27.7 Å². The van der Waals surface area contributed by atoms with Crippen molar-refractivity contribution in [1.82, 2.24) is 4.90 Å². The predicted octanol–water partition coefficient (Wildman–Crippen LogP) is 3.01. The maximum absolute atomic E-state index is 11.2. The maximum atomic E-state index is 11.2. The smallest absolute Gasteiger partial charge is 0.407 e. The van der Waals surface area contributed by atoms with Gasteiger partial charge in [0, 0.05) is 18.2 Å². The standard InChI is InChI=1S/C13H20N2O2/c1-9(8-14)10-5-6-15(12(16)17)11(7-10)13(2,3)4/h11H,5-7H2,1-4H3,(H,16,17). The molecule has 0 aliphatic carbocycles. The van der Waals surface area contributed by atoms with E-state index < -0.39 is 6.09 Å². The molecule has 1 atom stereocenters. The van der Waals surface area contributed by atoms with E-state index in [-0.39, 0.29) is 11.5 Å². The van der Waals surface area contributed by atoms with Crippen LogP contribution in [0.2, 0.25) is 0 Å². The first-order valence-electron chi connectivity index (χ1n) is 5.85. The quantitative estimate of drug-likeness (QED) is 0.657. The molecule has 0 saturated carbocycles. The highest BCUT2D eigenvalue weighted by molar-refractivity contribution is 5.66. The predicted molar refractivity (Wildman–Crippen MR) is 65.5 cm³/mol. The van der Waals surface area contributed by atoms with Crippen LogP contribution >= 0.6 is 0 Å². The van der Waals surface area contributed by atoms with Gasteiger partial charge in [-0.3, -0.25) is 0 Å². The fourth-order valence-electron chi connectivity index (χ4n) is 2.28. The van der Waals surface area contributed by atoms with E-state index in [1.54, 1.807) is 0 Å². The van der Waals surface area contributed by atoms with E-state index in [1.165, 1.54) is 4.90 Å². The molecule has 0 radical (unpaired) electrons. The van der Waals surface area contributed by atoms with E-state index in [0.29, 0.717) is 19.4 Å². The van der Waals surface area contributed by atoms with Gasteiger partial charge in [0.2, 0.25) is 0 Å². The molecule has 1 heterocycles. The minimum Gasteiger partial charge on any atom is -0.465 e. The Morgan fingerprint density at radius 1 is 1.53 bits per heavy atom. The topological polar surface area (TPSA) is 64.3 Å². The van der Waals surface area contributed by atoms with Gasteiger partial charge in [0.05, 0.1) is 6.07 Å². The van der Waals surface area contributed by atoms with E-state index in [4.69, 9.17) is 5.26 Å². The molecular weight excluding hydrogens is 216 g/mol. The van der Waals surface area contributed by atoms with Gasteiger partial charge in [0.25, 0.3) is 0 Å². The molecule has 1 N–H and O–H groups in total. The van der Waals surface area contributed by atoms with Crippen molar-refractivity contribution < 1.29 is 9.90 Å². The van der Waals surface area contributed by atoms with Crippen molar-refractivity contribution in [2.45, 2.75) is 46.6 Å². The number of amides is 1. The molecule has 1 fully saturated rings. The maximum Gasteiger partial charge on any atom is 0.407 e. The Balaban J connectivity index is 3.01. The lowest BCUT2D eigenvalue weighted by molar-refractivity contribution is 0.0719. The van der Waals surface area contributed by atoms with E-state index in [0.717, 1.165) is 11.1 Å². The molecule has 0 aromatic carbocycles. The van der Waals surface area contributed by atoms with Gasteiger partial charge in [-0.2, -0.15) is 5.26 Å². The van der Waals surface area contributed by atoms with Crippen LogP contribution in [0.3, 0.4) is 0 Å².